The summed E-state index contributed by atoms with van der Waals surface area (Å²) in [5.41, 5.74) is 0. The molecule has 2 saturated heterocycles. The highest BCUT2D eigenvalue weighted by Crippen LogP contribution is 2.30. The van der Waals surface area contributed by atoms with E-state index in [0.29, 0.717) is 0 Å². The average molecular weight is 198 g/mol. The Hall–Kier alpha value is -1.06. The van der Waals surface area contributed by atoms with Crippen LogP contribution in [0.15, 0.2) is 0 Å². The highest BCUT2D eigenvalue weighted by molar-refractivity contribution is 5.75. The van der Waals surface area contributed by atoms with Crippen molar-refractivity contribution in [2.45, 2.75) is 25.7 Å². The van der Waals surface area contributed by atoms with Crippen molar-refractivity contribution in [1.82, 2.24) is 0 Å². The van der Waals surface area contributed by atoms with Crippen LogP contribution in [0, 0.1) is 11.8 Å². The van der Waals surface area contributed by atoms with Crippen LogP contribution in [0.2, 0.25) is 0 Å². The summed E-state index contributed by atoms with van der Waals surface area (Å²) in [4.78, 5) is 22.8. The first-order chi connectivity index (χ1) is 6.77. The zero-order chi connectivity index (χ0) is 9.97. The van der Waals surface area contributed by atoms with Crippen molar-refractivity contribution in [1.29, 1.82) is 0 Å². The molecule has 3 aliphatic rings. The Balaban J connectivity index is 2.04. The molecule has 0 unspecified atom stereocenters. The summed E-state index contributed by atoms with van der Waals surface area (Å²) in [5, 5.41) is 0. The van der Waals surface area contributed by atoms with E-state index in [9.17, 15) is 9.59 Å². The third-order valence-electron chi connectivity index (χ3n) is 2.97. The van der Waals surface area contributed by atoms with Crippen LogP contribution in [0.3, 0.4) is 0 Å². The minimum absolute atomic E-state index is 0.0112. The molecule has 0 amide bonds. The summed E-state index contributed by atoms with van der Waals surface area (Å²) in [6, 6.07) is 0. The van der Waals surface area contributed by atoms with Gasteiger partial charge < -0.3 is 9.47 Å². The van der Waals surface area contributed by atoms with Gasteiger partial charge in [-0.25, -0.2) is 0 Å². The lowest BCUT2D eigenvalue weighted by atomic mass is 9.82. The first-order valence-corrected chi connectivity index (χ1v) is 5.10. The van der Waals surface area contributed by atoms with Gasteiger partial charge in [-0.05, 0) is 25.7 Å². The van der Waals surface area contributed by atoms with Crippen molar-refractivity contribution in [3.63, 3.8) is 0 Å². The predicted octanol–water partition coefficient (Wildman–Crippen LogP) is 0.893. The Morgan fingerprint density at radius 3 is 1.50 bits per heavy atom. The molecule has 2 heterocycles. The van der Waals surface area contributed by atoms with E-state index in [1.165, 1.54) is 0 Å². The van der Waals surface area contributed by atoms with Crippen molar-refractivity contribution >= 4 is 11.9 Å². The standard InChI is InChI=1S/C10H14O4/c11-9-7-1-2-8(4-3-7)10(12)14-6-5-13-9/h7-8H,1-6H2/t7-,8-. The number of hydrogen-bond donors (Lipinski definition) is 0. The molecule has 2 aliphatic heterocycles. The summed E-state index contributed by atoms with van der Waals surface area (Å²) in [7, 11) is 0. The molecule has 0 aromatic rings. The van der Waals surface area contributed by atoms with Gasteiger partial charge in [0.2, 0.25) is 0 Å². The van der Waals surface area contributed by atoms with Crippen LogP contribution >= 0.6 is 0 Å². The van der Waals surface area contributed by atoms with E-state index in [1.807, 2.05) is 0 Å². The van der Waals surface area contributed by atoms with Crippen LogP contribution in [0.5, 0.6) is 0 Å². The second-order valence-electron chi connectivity index (χ2n) is 3.88. The maximum atomic E-state index is 11.4. The van der Waals surface area contributed by atoms with E-state index in [-0.39, 0.29) is 37.0 Å². The smallest absolute Gasteiger partial charge is 0.309 e. The Morgan fingerprint density at radius 1 is 0.786 bits per heavy atom. The summed E-state index contributed by atoms with van der Waals surface area (Å²) in [6.07, 6.45) is 3.05. The normalized spacial score (nSPS) is 33.4. The maximum Gasteiger partial charge on any atom is 0.309 e. The minimum atomic E-state index is -0.124. The molecule has 4 nitrogen and oxygen atoms in total. The van der Waals surface area contributed by atoms with Crippen molar-refractivity contribution in [2.24, 2.45) is 11.8 Å². The van der Waals surface area contributed by atoms with Crippen LogP contribution in [-0.4, -0.2) is 25.2 Å². The Bertz CT molecular complexity index is 215. The Kier molecular flexibility index (Phi) is 2.70. The third kappa shape index (κ3) is 1.89. The zero-order valence-corrected chi connectivity index (χ0v) is 8.03. The molecular weight excluding hydrogens is 184 g/mol. The molecule has 3 fully saturated rings. The van der Waals surface area contributed by atoms with Gasteiger partial charge in [0, 0.05) is 0 Å². The van der Waals surface area contributed by atoms with Crippen molar-refractivity contribution in [3.05, 3.63) is 0 Å². The SMILES string of the molecule is O=C1OCCOC(=O)[C@H]2CC[C@H]1CC2. The number of carbonyl (C=O) groups is 2. The van der Waals surface area contributed by atoms with E-state index >= 15 is 0 Å². The van der Waals surface area contributed by atoms with Crippen molar-refractivity contribution in [2.75, 3.05) is 13.2 Å². The molecule has 0 aromatic carbocycles. The fourth-order valence-corrected chi connectivity index (χ4v) is 2.09. The molecule has 1 aliphatic carbocycles. The molecule has 0 aromatic heterocycles. The van der Waals surface area contributed by atoms with Crippen molar-refractivity contribution < 1.29 is 19.1 Å². The van der Waals surface area contributed by atoms with Gasteiger partial charge in [-0.3, -0.25) is 9.59 Å². The molecule has 0 N–H and O–H groups in total. The van der Waals surface area contributed by atoms with Crippen LogP contribution in [0.1, 0.15) is 25.7 Å². The first-order valence-electron chi connectivity index (χ1n) is 5.10. The largest absolute Gasteiger partial charge is 0.462 e. The fraction of sp³-hybridized carbons (Fsp3) is 0.800. The Labute approximate surface area is 82.6 Å². The van der Waals surface area contributed by atoms with Crippen LogP contribution in [0.25, 0.3) is 0 Å². The Morgan fingerprint density at radius 2 is 1.14 bits per heavy atom. The highest BCUT2D eigenvalue weighted by Gasteiger charge is 2.32. The van der Waals surface area contributed by atoms with Crippen molar-refractivity contribution in [3.8, 4) is 0 Å². The zero-order valence-electron chi connectivity index (χ0n) is 8.03. The molecule has 14 heavy (non-hydrogen) atoms. The molecule has 1 saturated carbocycles. The van der Waals surface area contributed by atoms with Crippen LogP contribution in [0.4, 0.5) is 0 Å². The van der Waals surface area contributed by atoms with Gasteiger partial charge >= 0.3 is 11.9 Å². The van der Waals surface area contributed by atoms with Gasteiger partial charge in [-0.1, -0.05) is 0 Å². The van der Waals surface area contributed by atoms with Gasteiger partial charge in [-0.15, -0.1) is 0 Å². The predicted molar refractivity (Wildman–Crippen MR) is 47.4 cm³/mol. The lowest BCUT2D eigenvalue weighted by Crippen LogP contribution is -2.31. The van der Waals surface area contributed by atoms with E-state index in [2.05, 4.69) is 0 Å². The number of carbonyl (C=O) groups excluding carboxylic acids is 2. The first kappa shape index (κ1) is 9.49. The average Bonchev–Trinajstić information content (AvgIpc) is 2.23. The van der Waals surface area contributed by atoms with E-state index in [1.54, 1.807) is 0 Å². The minimum Gasteiger partial charge on any atom is -0.462 e. The van der Waals surface area contributed by atoms with Gasteiger partial charge in [0.15, 0.2) is 0 Å². The fourth-order valence-electron chi connectivity index (χ4n) is 2.09. The number of hydrogen-bond acceptors (Lipinski definition) is 4. The number of rotatable bonds is 0. The lowest BCUT2D eigenvalue weighted by molar-refractivity contribution is -0.163. The quantitative estimate of drug-likeness (QED) is 0.542. The lowest BCUT2D eigenvalue weighted by Gasteiger charge is -2.27. The number of ether oxygens (including phenoxy) is 2. The molecule has 0 radical (unpaired) electrons. The maximum absolute atomic E-state index is 11.4. The number of esters is 2. The summed E-state index contributed by atoms with van der Waals surface area (Å²) >= 11 is 0. The molecule has 0 atom stereocenters. The van der Waals surface area contributed by atoms with Gasteiger partial charge in [0.25, 0.3) is 0 Å². The second-order valence-corrected chi connectivity index (χ2v) is 3.88. The molecule has 4 heteroatoms. The molecule has 78 valence electrons. The topological polar surface area (TPSA) is 52.6 Å². The molecule has 2 bridgehead atoms. The van der Waals surface area contributed by atoms with Gasteiger partial charge in [0.1, 0.15) is 13.2 Å². The summed E-state index contributed by atoms with van der Waals surface area (Å²) < 4.78 is 9.96. The van der Waals surface area contributed by atoms with E-state index in [0.717, 1.165) is 25.7 Å². The van der Waals surface area contributed by atoms with Crippen LogP contribution in [-0.2, 0) is 19.1 Å². The van der Waals surface area contributed by atoms with Gasteiger partial charge in [0.05, 0.1) is 11.8 Å². The second kappa shape index (κ2) is 3.98. The molecule has 3 rings (SSSR count). The van der Waals surface area contributed by atoms with E-state index in [4.69, 9.17) is 9.47 Å². The van der Waals surface area contributed by atoms with Crippen LogP contribution < -0.4 is 0 Å². The third-order valence-corrected chi connectivity index (χ3v) is 2.97. The van der Waals surface area contributed by atoms with E-state index < -0.39 is 0 Å². The monoisotopic (exact) mass is 198 g/mol. The molecule has 0 spiro atoms. The summed E-state index contributed by atoms with van der Waals surface area (Å²) in [6.45, 7) is 0.404. The highest BCUT2D eigenvalue weighted by atomic mass is 16.6. The number of fused-ring (bicyclic) bond motifs is 7. The van der Waals surface area contributed by atoms with Gasteiger partial charge in [-0.2, -0.15) is 0 Å². The summed E-state index contributed by atoms with van der Waals surface area (Å²) in [5.74, 6) is -0.225. The molecular formula is C10H14O4.